The fraction of sp³-hybridized carbons (Fsp3) is 0.816. The summed E-state index contributed by atoms with van der Waals surface area (Å²) < 4.78 is 22.1. The molecular weight excluding hydrogens is 611 g/mol. The standard InChI is InChI=1S/C38H73N2O6P/c1-3-5-7-9-11-13-15-17-18-20-22-24-26-28-30-32-38(42)40-36(35-46-47(43,44)45-34-33-39)37(41)31-29-27-25-23-21-19-16-14-12-10-8-6-4-2/h5,7,11,13,17-18,36-37,41H,3-4,6,8-10,12,14-16,19-35,39H2,1-2H3,(H,40,42)(H,43,44)/b7-5-,13-11-,18-17-. The third-order valence-electron chi connectivity index (χ3n) is 8.26. The van der Waals surface area contributed by atoms with Gasteiger partial charge in [-0.2, -0.15) is 0 Å². The zero-order valence-electron chi connectivity index (χ0n) is 30.3. The quantitative estimate of drug-likeness (QED) is 0.0297. The molecule has 0 saturated heterocycles. The fourth-order valence-electron chi connectivity index (χ4n) is 5.38. The van der Waals surface area contributed by atoms with E-state index < -0.39 is 20.0 Å². The van der Waals surface area contributed by atoms with Crippen LogP contribution in [0.3, 0.4) is 0 Å². The summed E-state index contributed by atoms with van der Waals surface area (Å²) in [6, 6.07) is -0.781. The van der Waals surface area contributed by atoms with Crippen LogP contribution < -0.4 is 11.1 Å². The van der Waals surface area contributed by atoms with E-state index in [4.69, 9.17) is 14.8 Å². The number of hydrogen-bond donors (Lipinski definition) is 4. The fourth-order valence-corrected chi connectivity index (χ4v) is 6.14. The maximum Gasteiger partial charge on any atom is 0.472 e. The van der Waals surface area contributed by atoms with Crippen molar-refractivity contribution in [2.45, 2.75) is 180 Å². The van der Waals surface area contributed by atoms with Crippen LogP contribution in [0.2, 0.25) is 0 Å². The molecule has 0 aromatic carbocycles. The Balaban J connectivity index is 4.28. The van der Waals surface area contributed by atoms with Gasteiger partial charge in [0.2, 0.25) is 5.91 Å². The van der Waals surface area contributed by atoms with Gasteiger partial charge in [0, 0.05) is 13.0 Å². The molecule has 0 fully saturated rings. The number of unbranched alkanes of at least 4 members (excludes halogenated alkanes) is 17. The summed E-state index contributed by atoms with van der Waals surface area (Å²) in [5, 5.41) is 13.7. The average Bonchev–Trinajstić information content (AvgIpc) is 3.05. The first-order chi connectivity index (χ1) is 22.9. The Morgan fingerprint density at radius 3 is 1.81 bits per heavy atom. The second kappa shape index (κ2) is 34.6. The summed E-state index contributed by atoms with van der Waals surface area (Å²) in [6.45, 7) is 4.06. The number of hydrogen-bond acceptors (Lipinski definition) is 6. The van der Waals surface area contributed by atoms with Crippen molar-refractivity contribution >= 4 is 13.7 Å². The minimum atomic E-state index is -4.31. The molecule has 0 saturated carbocycles. The molecule has 0 aliphatic rings. The Morgan fingerprint density at radius 2 is 1.23 bits per heavy atom. The number of nitrogens with one attached hydrogen (secondary N) is 1. The van der Waals surface area contributed by atoms with Crippen LogP contribution in [0.15, 0.2) is 36.5 Å². The lowest BCUT2D eigenvalue weighted by Gasteiger charge is -2.25. The zero-order chi connectivity index (χ0) is 34.7. The third-order valence-corrected chi connectivity index (χ3v) is 9.24. The molecule has 8 nitrogen and oxygen atoms in total. The van der Waals surface area contributed by atoms with Gasteiger partial charge in [0.15, 0.2) is 0 Å². The summed E-state index contributed by atoms with van der Waals surface area (Å²) in [5.74, 6) is -0.181. The molecule has 0 aromatic heterocycles. The molecule has 0 aliphatic carbocycles. The average molecular weight is 685 g/mol. The Morgan fingerprint density at radius 1 is 0.723 bits per heavy atom. The first kappa shape index (κ1) is 45.7. The van der Waals surface area contributed by atoms with Crippen LogP contribution >= 0.6 is 7.82 Å². The van der Waals surface area contributed by atoms with Crippen molar-refractivity contribution in [1.29, 1.82) is 0 Å². The highest BCUT2D eigenvalue weighted by Gasteiger charge is 2.27. The number of aliphatic hydroxyl groups excluding tert-OH is 1. The van der Waals surface area contributed by atoms with Gasteiger partial charge in [0.05, 0.1) is 25.4 Å². The lowest BCUT2D eigenvalue weighted by molar-refractivity contribution is -0.123. The molecule has 0 aromatic rings. The number of amides is 1. The smallest absolute Gasteiger partial charge is 0.391 e. The normalized spacial score (nSPS) is 14.7. The minimum absolute atomic E-state index is 0.0848. The number of carbonyl (C=O) groups is 1. The van der Waals surface area contributed by atoms with Crippen LogP contribution in [0.25, 0.3) is 0 Å². The van der Waals surface area contributed by atoms with E-state index in [9.17, 15) is 19.4 Å². The van der Waals surface area contributed by atoms with Crippen LogP contribution in [-0.4, -0.2) is 47.8 Å². The van der Waals surface area contributed by atoms with Gasteiger partial charge >= 0.3 is 7.82 Å². The van der Waals surface area contributed by atoms with Gasteiger partial charge in [0.1, 0.15) is 0 Å². The molecule has 0 radical (unpaired) electrons. The zero-order valence-corrected chi connectivity index (χ0v) is 31.2. The van der Waals surface area contributed by atoms with Gasteiger partial charge in [-0.3, -0.25) is 13.8 Å². The highest BCUT2D eigenvalue weighted by atomic mass is 31.2. The molecule has 1 amide bonds. The summed E-state index contributed by atoms with van der Waals surface area (Å²) in [4.78, 5) is 22.6. The Kier molecular flexibility index (Phi) is 33.6. The number of carbonyl (C=O) groups excluding carboxylic acids is 1. The van der Waals surface area contributed by atoms with Gasteiger partial charge < -0.3 is 21.1 Å². The first-order valence-corrected chi connectivity index (χ1v) is 20.6. The summed E-state index contributed by atoms with van der Waals surface area (Å²) in [5.41, 5.74) is 5.36. The van der Waals surface area contributed by atoms with E-state index in [2.05, 4.69) is 55.6 Å². The Bertz CT molecular complexity index is 835. The summed E-state index contributed by atoms with van der Waals surface area (Å²) in [7, 11) is -4.31. The number of rotatable bonds is 35. The molecule has 3 atom stereocenters. The predicted octanol–water partition coefficient (Wildman–Crippen LogP) is 10.00. The third kappa shape index (κ3) is 33.0. The van der Waals surface area contributed by atoms with Crippen molar-refractivity contribution in [3.05, 3.63) is 36.5 Å². The van der Waals surface area contributed by atoms with E-state index in [1.54, 1.807) is 0 Å². The Hall–Kier alpha value is -1.28. The molecular formula is C38H73N2O6P. The summed E-state index contributed by atoms with van der Waals surface area (Å²) >= 11 is 0. The Labute approximate surface area is 289 Å². The molecule has 3 unspecified atom stereocenters. The van der Waals surface area contributed by atoms with Crippen LogP contribution in [0.1, 0.15) is 168 Å². The highest BCUT2D eigenvalue weighted by molar-refractivity contribution is 7.47. The molecule has 276 valence electrons. The van der Waals surface area contributed by atoms with E-state index in [-0.39, 0.29) is 25.7 Å². The largest absolute Gasteiger partial charge is 0.472 e. The number of allylic oxidation sites excluding steroid dienone is 6. The van der Waals surface area contributed by atoms with Crippen molar-refractivity contribution in [3.63, 3.8) is 0 Å². The SMILES string of the molecule is CC/C=C\C/C=C\C/C=C\CCCCCCCC(=O)NC(COP(=O)(O)OCCN)C(O)CCCCCCCCCCCCCCC. The predicted molar refractivity (Wildman–Crippen MR) is 198 cm³/mol. The molecule has 0 rings (SSSR count). The minimum Gasteiger partial charge on any atom is -0.391 e. The van der Waals surface area contributed by atoms with E-state index in [0.29, 0.717) is 12.8 Å². The van der Waals surface area contributed by atoms with Crippen molar-refractivity contribution < 1.29 is 28.4 Å². The second-order valence-electron chi connectivity index (χ2n) is 12.8. The van der Waals surface area contributed by atoms with Crippen LogP contribution in [0, 0.1) is 0 Å². The first-order valence-electron chi connectivity index (χ1n) is 19.1. The topological polar surface area (TPSA) is 131 Å². The molecule has 0 aliphatic heterocycles. The number of phosphoric acid groups is 1. The summed E-state index contributed by atoms with van der Waals surface area (Å²) in [6.07, 6.45) is 38.6. The second-order valence-corrected chi connectivity index (χ2v) is 14.2. The molecule has 0 spiro atoms. The monoisotopic (exact) mass is 685 g/mol. The van der Waals surface area contributed by atoms with Gasteiger partial charge in [-0.15, -0.1) is 0 Å². The lowest BCUT2D eigenvalue weighted by atomic mass is 10.0. The number of nitrogens with two attached hydrogens (primary N) is 1. The number of phosphoric ester groups is 1. The van der Waals surface area contributed by atoms with Crippen LogP contribution in [0.4, 0.5) is 0 Å². The van der Waals surface area contributed by atoms with Crippen molar-refractivity contribution in [3.8, 4) is 0 Å². The van der Waals surface area contributed by atoms with Crippen molar-refractivity contribution in [1.82, 2.24) is 5.32 Å². The van der Waals surface area contributed by atoms with Gasteiger partial charge in [0.25, 0.3) is 0 Å². The maximum absolute atomic E-state index is 12.7. The van der Waals surface area contributed by atoms with Gasteiger partial charge in [-0.05, 0) is 44.9 Å². The van der Waals surface area contributed by atoms with E-state index in [1.165, 1.54) is 64.2 Å². The van der Waals surface area contributed by atoms with Crippen molar-refractivity contribution in [2.75, 3.05) is 19.8 Å². The van der Waals surface area contributed by atoms with E-state index in [1.807, 2.05) is 0 Å². The maximum atomic E-state index is 12.7. The van der Waals surface area contributed by atoms with Crippen molar-refractivity contribution in [2.24, 2.45) is 5.73 Å². The molecule has 47 heavy (non-hydrogen) atoms. The van der Waals surface area contributed by atoms with Crippen LogP contribution in [-0.2, 0) is 18.4 Å². The molecule has 5 N–H and O–H groups in total. The lowest BCUT2D eigenvalue weighted by Crippen LogP contribution is -2.46. The molecule has 0 heterocycles. The molecule has 9 heteroatoms. The van der Waals surface area contributed by atoms with E-state index in [0.717, 1.165) is 77.0 Å². The highest BCUT2D eigenvalue weighted by Crippen LogP contribution is 2.43. The van der Waals surface area contributed by atoms with Gasteiger partial charge in [-0.1, -0.05) is 153 Å². The van der Waals surface area contributed by atoms with Gasteiger partial charge in [-0.25, -0.2) is 4.57 Å². The van der Waals surface area contributed by atoms with E-state index >= 15 is 0 Å². The molecule has 0 bridgehead atoms. The van der Waals surface area contributed by atoms with Crippen LogP contribution in [0.5, 0.6) is 0 Å². The number of aliphatic hydroxyl groups is 1.